The summed E-state index contributed by atoms with van der Waals surface area (Å²) in [5.41, 5.74) is 6.00. The van der Waals surface area contributed by atoms with Crippen molar-refractivity contribution in [2.75, 3.05) is 25.1 Å². The molecule has 0 atom stereocenters. The summed E-state index contributed by atoms with van der Waals surface area (Å²) >= 11 is 0. The van der Waals surface area contributed by atoms with Crippen molar-refractivity contribution in [3.63, 3.8) is 0 Å². The molecule has 1 N–H and O–H groups in total. The maximum absolute atomic E-state index is 9.10. The first-order chi connectivity index (χ1) is 13.5. The average Bonchev–Trinajstić information content (AvgIpc) is 3.14. The highest BCUT2D eigenvalue weighted by molar-refractivity contribution is 5.88. The van der Waals surface area contributed by atoms with E-state index in [1.165, 1.54) is 10.4 Å². The van der Waals surface area contributed by atoms with Gasteiger partial charge in [-0.25, -0.2) is 4.98 Å². The van der Waals surface area contributed by atoms with Gasteiger partial charge in [0.1, 0.15) is 0 Å². The van der Waals surface area contributed by atoms with Crippen molar-refractivity contribution in [1.82, 2.24) is 25.2 Å². The SMILES string of the molecule is Cc1cc(-c2ccc(N(C)CCO)cc2)nc2cc(-c3nnn(C)n3)ccc12. The summed E-state index contributed by atoms with van der Waals surface area (Å²) in [5.74, 6) is 0.588. The fourth-order valence-corrected chi connectivity index (χ4v) is 3.25. The molecule has 2 heterocycles. The Morgan fingerprint density at radius 3 is 2.46 bits per heavy atom. The minimum Gasteiger partial charge on any atom is -0.395 e. The minimum atomic E-state index is 0.132. The normalized spacial score (nSPS) is 11.1. The van der Waals surface area contributed by atoms with E-state index in [0.29, 0.717) is 12.4 Å². The number of aromatic nitrogens is 5. The van der Waals surface area contributed by atoms with Crippen LogP contribution in [0.2, 0.25) is 0 Å². The molecule has 0 spiro atoms. The lowest BCUT2D eigenvalue weighted by atomic mass is 10.0. The van der Waals surface area contributed by atoms with Crippen molar-refractivity contribution >= 4 is 16.6 Å². The highest BCUT2D eigenvalue weighted by Crippen LogP contribution is 2.28. The van der Waals surface area contributed by atoms with E-state index in [9.17, 15) is 0 Å². The number of anilines is 1. The van der Waals surface area contributed by atoms with Crippen molar-refractivity contribution < 1.29 is 5.11 Å². The van der Waals surface area contributed by atoms with Gasteiger partial charge in [-0.2, -0.15) is 4.80 Å². The average molecular weight is 374 g/mol. The molecule has 28 heavy (non-hydrogen) atoms. The number of hydrogen-bond donors (Lipinski definition) is 1. The van der Waals surface area contributed by atoms with Gasteiger partial charge >= 0.3 is 0 Å². The number of rotatable bonds is 5. The molecule has 7 heteroatoms. The zero-order valence-corrected chi connectivity index (χ0v) is 16.2. The summed E-state index contributed by atoms with van der Waals surface area (Å²) in [5, 5.41) is 22.5. The summed E-state index contributed by atoms with van der Waals surface area (Å²) < 4.78 is 0. The van der Waals surface area contributed by atoms with E-state index in [-0.39, 0.29) is 6.61 Å². The summed E-state index contributed by atoms with van der Waals surface area (Å²) in [7, 11) is 3.71. The Kier molecular flexibility index (Phi) is 4.75. The van der Waals surface area contributed by atoms with Crippen LogP contribution >= 0.6 is 0 Å². The van der Waals surface area contributed by atoms with Crippen LogP contribution in [0.4, 0.5) is 5.69 Å². The van der Waals surface area contributed by atoms with Gasteiger partial charge in [0, 0.05) is 35.8 Å². The van der Waals surface area contributed by atoms with E-state index in [0.717, 1.165) is 33.4 Å². The number of aliphatic hydroxyl groups excluding tert-OH is 1. The van der Waals surface area contributed by atoms with Crippen LogP contribution < -0.4 is 4.90 Å². The highest BCUT2D eigenvalue weighted by Gasteiger charge is 2.10. The number of nitrogens with zero attached hydrogens (tertiary/aromatic N) is 6. The van der Waals surface area contributed by atoms with E-state index in [1.807, 2.05) is 36.2 Å². The molecule has 0 amide bonds. The predicted octanol–water partition coefficient (Wildman–Crippen LogP) is 2.83. The van der Waals surface area contributed by atoms with E-state index in [2.05, 4.69) is 46.6 Å². The Hall–Kier alpha value is -3.32. The molecule has 0 aliphatic rings. The van der Waals surface area contributed by atoms with Gasteiger partial charge < -0.3 is 10.0 Å². The zero-order valence-electron chi connectivity index (χ0n) is 16.2. The van der Waals surface area contributed by atoms with Crippen molar-refractivity contribution in [3.05, 3.63) is 54.1 Å². The molecule has 142 valence electrons. The third-order valence-electron chi connectivity index (χ3n) is 4.82. The molecule has 0 bridgehead atoms. The van der Waals surface area contributed by atoms with Gasteiger partial charge in [-0.1, -0.05) is 24.3 Å². The molecular formula is C21H22N6O. The number of pyridine rings is 1. The van der Waals surface area contributed by atoms with Crippen molar-refractivity contribution in [2.24, 2.45) is 7.05 Å². The summed E-state index contributed by atoms with van der Waals surface area (Å²) in [4.78, 5) is 8.34. The second kappa shape index (κ2) is 7.36. The third kappa shape index (κ3) is 3.44. The van der Waals surface area contributed by atoms with E-state index < -0.39 is 0 Å². The fourth-order valence-electron chi connectivity index (χ4n) is 3.25. The molecule has 0 saturated heterocycles. The molecule has 0 aliphatic carbocycles. The molecule has 0 fully saturated rings. The number of likely N-dealkylation sites (N-methyl/N-ethyl adjacent to an activating group) is 1. The molecule has 2 aromatic carbocycles. The lowest BCUT2D eigenvalue weighted by Crippen LogP contribution is -2.20. The minimum absolute atomic E-state index is 0.132. The summed E-state index contributed by atoms with van der Waals surface area (Å²) in [6.45, 7) is 2.83. The quantitative estimate of drug-likeness (QED) is 0.579. The number of hydrogen-bond acceptors (Lipinski definition) is 6. The van der Waals surface area contributed by atoms with Gasteiger partial charge in [0.05, 0.1) is 24.9 Å². The number of tetrazole rings is 1. The second-order valence-electron chi connectivity index (χ2n) is 6.85. The Bertz CT molecular complexity index is 1120. The Morgan fingerprint density at radius 1 is 1.04 bits per heavy atom. The zero-order chi connectivity index (χ0) is 19.7. The smallest absolute Gasteiger partial charge is 0.204 e. The first kappa shape index (κ1) is 18.1. The molecule has 0 aliphatic heterocycles. The van der Waals surface area contributed by atoms with E-state index in [1.54, 1.807) is 7.05 Å². The van der Waals surface area contributed by atoms with Crippen LogP contribution in [0.5, 0.6) is 0 Å². The Morgan fingerprint density at radius 2 is 1.79 bits per heavy atom. The maximum Gasteiger partial charge on any atom is 0.204 e. The largest absolute Gasteiger partial charge is 0.395 e. The number of aliphatic hydroxyl groups is 1. The molecule has 0 unspecified atom stereocenters. The van der Waals surface area contributed by atoms with Crippen LogP contribution in [-0.4, -0.2) is 50.5 Å². The summed E-state index contributed by atoms with van der Waals surface area (Å²) in [6.07, 6.45) is 0. The molecule has 4 rings (SSSR count). The van der Waals surface area contributed by atoms with Crippen molar-refractivity contribution in [2.45, 2.75) is 6.92 Å². The molecule has 0 radical (unpaired) electrons. The number of aryl methyl sites for hydroxylation is 2. The maximum atomic E-state index is 9.10. The molecule has 0 saturated carbocycles. The second-order valence-corrected chi connectivity index (χ2v) is 6.85. The van der Waals surface area contributed by atoms with Gasteiger partial charge in [-0.3, -0.25) is 0 Å². The number of fused-ring (bicyclic) bond motifs is 1. The first-order valence-corrected chi connectivity index (χ1v) is 9.13. The van der Waals surface area contributed by atoms with Crippen molar-refractivity contribution in [3.8, 4) is 22.6 Å². The van der Waals surface area contributed by atoms with Gasteiger partial charge in [-0.15, -0.1) is 10.2 Å². The van der Waals surface area contributed by atoms with Gasteiger partial charge in [0.25, 0.3) is 0 Å². The standard InChI is InChI=1S/C21H22N6O/c1-14-12-19(15-4-7-17(8-5-15)26(2)10-11-28)22-20-13-16(6-9-18(14)20)21-23-25-27(3)24-21/h4-9,12-13,28H,10-11H2,1-3H3. The van der Waals surface area contributed by atoms with Crippen LogP contribution in [-0.2, 0) is 7.05 Å². The van der Waals surface area contributed by atoms with Gasteiger partial charge in [-0.05, 0) is 42.0 Å². The Balaban J connectivity index is 1.73. The first-order valence-electron chi connectivity index (χ1n) is 9.13. The fraction of sp³-hybridized carbons (Fsp3) is 0.238. The van der Waals surface area contributed by atoms with E-state index >= 15 is 0 Å². The summed E-state index contributed by atoms with van der Waals surface area (Å²) in [6, 6.07) is 16.4. The van der Waals surface area contributed by atoms with Crippen LogP contribution in [0.15, 0.2) is 48.5 Å². The van der Waals surface area contributed by atoms with Gasteiger partial charge in [0.15, 0.2) is 0 Å². The van der Waals surface area contributed by atoms with E-state index in [4.69, 9.17) is 10.1 Å². The molecule has 4 aromatic rings. The third-order valence-corrected chi connectivity index (χ3v) is 4.82. The van der Waals surface area contributed by atoms with Crippen LogP contribution in [0.1, 0.15) is 5.56 Å². The lowest BCUT2D eigenvalue weighted by molar-refractivity contribution is 0.304. The lowest BCUT2D eigenvalue weighted by Gasteiger charge is -2.18. The van der Waals surface area contributed by atoms with Gasteiger partial charge in [0.2, 0.25) is 5.82 Å². The Labute approximate surface area is 163 Å². The topological polar surface area (TPSA) is 80.0 Å². The van der Waals surface area contributed by atoms with Crippen molar-refractivity contribution in [1.29, 1.82) is 0 Å². The predicted molar refractivity (Wildman–Crippen MR) is 110 cm³/mol. The molecule has 7 nitrogen and oxygen atoms in total. The molecular weight excluding hydrogens is 352 g/mol. The van der Waals surface area contributed by atoms with Crippen LogP contribution in [0.25, 0.3) is 33.5 Å². The highest BCUT2D eigenvalue weighted by atomic mass is 16.3. The van der Waals surface area contributed by atoms with Crippen LogP contribution in [0.3, 0.4) is 0 Å². The number of benzene rings is 2. The molecule has 2 aromatic heterocycles. The van der Waals surface area contributed by atoms with Crippen LogP contribution in [0, 0.1) is 6.92 Å². The monoisotopic (exact) mass is 374 g/mol.